The second kappa shape index (κ2) is 15.4. The molecule has 6 rings (SSSR count). The minimum absolute atomic E-state index is 0.0611. The van der Waals surface area contributed by atoms with E-state index >= 15 is 0 Å². The predicted octanol–water partition coefficient (Wildman–Crippen LogP) is -0.977. The fourth-order valence-electron chi connectivity index (χ4n) is 6.24. The maximum absolute atomic E-state index is 12.3. The largest absolute Gasteiger partial charge is 0.463 e. The average molecular weight is 724 g/mol. The topological polar surface area (TPSA) is 267 Å². The number of rotatable bonds is 11. The minimum atomic E-state index is -1.21. The molecule has 276 valence electrons. The molecule has 0 saturated carbocycles. The number of hydrogen-bond donors (Lipinski definition) is 3. The highest BCUT2D eigenvalue weighted by Crippen LogP contribution is 2.38. The van der Waals surface area contributed by atoms with Gasteiger partial charge in [-0.15, -0.1) is 0 Å². The maximum atomic E-state index is 12.3. The lowest BCUT2D eigenvalue weighted by Gasteiger charge is -2.24. The Bertz CT molecular complexity index is 2030. The van der Waals surface area contributed by atoms with Crippen LogP contribution in [0, 0.1) is 11.8 Å². The van der Waals surface area contributed by atoms with Gasteiger partial charge in [0.05, 0.1) is 12.9 Å². The van der Waals surface area contributed by atoms with Crippen molar-refractivity contribution in [1.29, 1.82) is 0 Å². The lowest BCUT2D eigenvalue weighted by molar-refractivity contribution is -0.166. The molecule has 0 radical (unpaired) electrons. The maximum Gasteiger partial charge on any atom is 0.303 e. The van der Waals surface area contributed by atoms with Crippen LogP contribution in [-0.4, -0.2) is 127 Å². The minimum Gasteiger partial charge on any atom is -0.463 e. The van der Waals surface area contributed by atoms with Gasteiger partial charge >= 0.3 is 17.9 Å². The number of carbonyl (C=O) groups excluding carboxylic acids is 3. The van der Waals surface area contributed by atoms with Crippen molar-refractivity contribution in [2.75, 3.05) is 45.4 Å². The number of nitrogens with two attached hydrogens (primary N) is 2. The normalized spacial score (nSPS) is 25.6. The van der Waals surface area contributed by atoms with E-state index < -0.39 is 67.0 Å². The number of aromatic nitrogens is 8. The molecule has 0 amide bonds. The zero-order valence-corrected chi connectivity index (χ0v) is 28.8. The third-order valence-electron chi connectivity index (χ3n) is 8.35. The molecule has 0 spiro atoms. The van der Waals surface area contributed by atoms with E-state index in [9.17, 15) is 14.4 Å². The first-order chi connectivity index (χ1) is 25.0. The molecular weight excluding hydrogens is 686 g/mol. The molecule has 0 aliphatic carbocycles. The van der Waals surface area contributed by atoms with Gasteiger partial charge in [0.1, 0.15) is 49.2 Å². The van der Waals surface area contributed by atoms with Crippen molar-refractivity contribution < 1.29 is 47.5 Å². The highest BCUT2D eigenvalue weighted by atomic mass is 16.7. The Kier molecular flexibility index (Phi) is 10.7. The van der Waals surface area contributed by atoms with Crippen molar-refractivity contribution in [2.24, 2.45) is 0 Å². The summed E-state index contributed by atoms with van der Waals surface area (Å²) in [6.45, 7) is 3.77. The van der Waals surface area contributed by atoms with Gasteiger partial charge in [0, 0.05) is 41.5 Å². The fraction of sp³-hybridized carbons (Fsp3) is 0.516. The Morgan fingerprint density at radius 3 is 2.13 bits per heavy atom. The summed E-state index contributed by atoms with van der Waals surface area (Å²) in [5, 5.41) is 3.25. The first kappa shape index (κ1) is 36.3. The Hall–Kier alpha value is -5.53. The second-order valence-electron chi connectivity index (χ2n) is 11.7. The molecule has 21 heteroatoms. The quantitative estimate of drug-likeness (QED) is 0.0726. The molecule has 8 atom stereocenters. The third-order valence-corrected chi connectivity index (χ3v) is 8.35. The van der Waals surface area contributed by atoms with Crippen molar-refractivity contribution in [2.45, 2.75) is 69.9 Å². The summed E-state index contributed by atoms with van der Waals surface area (Å²) in [6.07, 6.45) is -2.51. The number of nitrogens with zero attached hydrogens (tertiary/aromatic N) is 8. The standard InChI is InChI=1S/C31H37N11O10/c1-14(43)48-10-18-23(49-15(2)44)25(50-16(3)45)31(52-18)42-19(40-21-27(33)36-12-38-29(21)42)7-6-8-34-9-17-22(46-4)24(47-5)30(51-17)41-13-39-20-26(32)35-11-37-28(20)41/h11-13,17-18,22-25,30-31,34H,8-10H2,1-5H3,(H2,32,35,37)(H2,33,36,38)/t17-,18-,22?,23?,24?,25?,30-,31-/m1/s1. The molecule has 0 bridgehead atoms. The molecule has 2 saturated heterocycles. The van der Waals surface area contributed by atoms with Crippen LogP contribution in [-0.2, 0) is 47.5 Å². The summed E-state index contributed by atoms with van der Waals surface area (Å²) < 4.78 is 43.7. The van der Waals surface area contributed by atoms with Gasteiger partial charge in [0.2, 0.25) is 0 Å². The molecule has 6 heterocycles. The summed E-state index contributed by atoms with van der Waals surface area (Å²) in [7, 11) is 3.13. The van der Waals surface area contributed by atoms with Crippen LogP contribution in [0.2, 0.25) is 0 Å². The number of ether oxygens (including phenoxy) is 7. The van der Waals surface area contributed by atoms with E-state index in [1.54, 1.807) is 25.1 Å². The molecule has 0 aromatic carbocycles. The van der Waals surface area contributed by atoms with E-state index in [-0.39, 0.29) is 41.8 Å². The van der Waals surface area contributed by atoms with Crippen molar-refractivity contribution in [1.82, 2.24) is 44.4 Å². The van der Waals surface area contributed by atoms with Gasteiger partial charge in [-0.3, -0.25) is 23.5 Å². The Balaban J connectivity index is 1.24. The van der Waals surface area contributed by atoms with Crippen LogP contribution in [0.4, 0.5) is 11.6 Å². The van der Waals surface area contributed by atoms with Crippen molar-refractivity contribution in [3.8, 4) is 11.8 Å². The highest BCUT2D eigenvalue weighted by Gasteiger charge is 2.52. The summed E-state index contributed by atoms with van der Waals surface area (Å²) in [4.78, 5) is 61.6. The van der Waals surface area contributed by atoms with Gasteiger partial charge in [-0.2, -0.15) is 0 Å². The van der Waals surface area contributed by atoms with Crippen LogP contribution in [0.3, 0.4) is 0 Å². The number of esters is 3. The SMILES string of the molecule is COC1C(OC)[C@@H](CNCC#Cc2nc3c(N)ncnc3n2[C@@H]2O[C@H](COC(C)=O)C(OC(C)=O)C2OC(C)=O)O[C@H]1n1cnc2c(N)ncnc21. The van der Waals surface area contributed by atoms with E-state index in [1.165, 1.54) is 38.0 Å². The van der Waals surface area contributed by atoms with Crippen molar-refractivity contribution in [3.63, 3.8) is 0 Å². The number of nitrogens with one attached hydrogen (secondary N) is 1. The first-order valence-corrected chi connectivity index (χ1v) is 16.0. The van der Waals surface area contributed by atoms with Crippen LogP contribution >= 0.6 is 0 Å². The number of anilines is 2. The van der Waals surface area contributed by atoms with E-state index in [1.807, 2.05) is 0 Å². The second-order valence-corrected chi connectivity index (χ2v) is 11.7. The summed E-state index contributed by atoms with van der Waals surface area (Å²) in [6, 6.07) is 0. The molecule has 2 aliphatic heterocycles. The van der Waals surface area contributed by atoms with Gasteiger partial charge in [-0.25, -0.2) is 29.9 Å². The monoisotopic (exact) mass is 723 g/mol. The Morgan fingerprint density at radius 2 is 1.46 bits per heavy atom. The number of nitrogen functional groups attached to an aromatic ring is 2. The highest BCUT2D eigenvalue weighted by molar-refractivity contribution is 5.83. The number of hydrogen-bond acceptors (Lipinski definition) is 19. The lowest BCUT2D eigenvalue weighted by Crippen LogP contribution is -2.40. The molecule has 52 heavy (non-hydrogen) atoms. The van der Waals surface area contributed by atoms with Crippen LogP contribution in [0.25, 0.3) is 22.3 Å². The zero-order valence-electron chi connectivity index (χ0n) is 28.8. The number of methoxy groups -OCH3 is 2. The Morgan fingerprint density at radius 1 is 0.808 bits per heavy atom. The third kappa shape index (κ3) is 7.14. The van der Waals surface area contributed by atoms with Crippen molar-refractivity contribution in [3.05, 3.63) is 24.8 Å². The van der Waals surface area contributed by atoms with E-state index in [2.05, 4.69) is 47.1 Å². The zero-order chi connectivity index (χ0) is 37.1. The fourth-order valence-corrected chi connectivity index (χ4v) is 6.24. The molecule has 2 fully saturated rings. The number of fused-ring (bicyclic) bond motifs is 2. The van der Waals surface area contributed by atoms with Crippen LogP contribution in [0.15, 0.2) is 19.0 Å². The van der Waals surface area contributed by atoms with Crippen LogP contribution < -0.4 is 16.8 Å². The summed E-state index contributed by atoms with van der Waals surface area (Å²) >= 11 is 0. The lowest BCUT2D eigenvalue weighted by atomic mass is 10.1. The Labute approximate surface area is 295 Å². The smallest absolute Gasteiger partial charge is 0.303 e. The van der Waals surface area contributed by atoms with Gasteiger partial charge < -0.3 is 49.9 Å². The molecule has 4 unspecified atom stereocenters. The first-order valence-electron chi connectivity index (χ1n) is 16.0. The number of imidazole rings is 2. The molecule has 4 aromatic heterocycles. The van der Waals surface area contributed by atoms with Gasteiger partial charge in [0.25, 0.3) is 0 Å². The van der Waals surface area contributed by atoms with Gasteiger partial charge in [0.15, 0.2) is 58.9 Å². The average Bonchev–Trinajstić information content (AvgIpc) is 3.86. The van der Waals surface area contributed by atoms with Gasteiger partial charge in [-0.05, 0) is 5.92 Å². The van der Waals surface area contributed by atoms with Crippen LogP contribution in [0.5, 0.6) is 0 Å². The summed E-state index contributed by atoms with van der Waals surface area (Å²) in [5.74, 6) is 4.50. The summed E-state index contributed by atoms with van der Waals surface area (Å²) in [5.41, 5.74) is 13.5. The van der Waals surface area contributed by atoms with Crippen LogP contribution in [0.1, 0.15) is 39.1 Å². The molecule has 5 N–H and O–H groups in total. The molecular formula is C31H37N11O10. The van der Waals surface area contributed by atoms with E-state index in [0.29, 0.717) is 17.7 Å². The molecule has 4 aromatic rings. The van der Waals surface area contributed by atoms with Crippen molar-refractivity contribution >= 4 is 51.9 Å². The van der Waals surface area contributed by atoms with E-state index in [4.69, 9.17) is 44.6 Å². The van der Waals surface area contributed by atoms with Gasteiger partial charge in [-0.1, -0.05) is 5.92 Å². The predicted molar refractivity (Wildman–Crippen MR) is 176 cm³/mol. The molecule has 21 nitrogen and oxygen atoms in total. The number of carbonyl (C=O) groups is 3. The van der Waals surface area contributed by atoms with E-state index in [0.717, 1.165) is 0 Å². The molecule has 2 aliphatic rings.